The zero-order valence-electron chi connectivity index (χ0n) is 14.6. The van der Waals surface area contributed by atoms with Crippen molar-refractivity contribution in [2.24, 2.45) is 11.1 Å². The maximum absolute atomic E-state index is 12.2. The zero-order chi connectivity index (χ0) is 17.4. The van der Waals surface area contributed by atoms with E-state index in [0.717, 1.165) is 37.8 Å². The van der Waals surface area contributed by atoms with E-state index < -0.39 is 0 Å². The fraction of sp³-hybridized carbons (Fsp3) is 0.579. The van der Waals surface area contributed by atoms with Crippen LogP contribution in [0.5, 0.6) is 0 Å². The summed E-state index contributed by atoms with van der Waals surface area (Å²) in [5, 5.41) is 5.55. The van der Waals surface area contributed by atoms with E-state index >= 15 is 0 Å². The Bertz CT molecular complexity index is 565. The van der Waals surface area contributed by atoms with Gasteiger partial charge in [0.05, 0.1) is 6.54 Å². The molecule has 0 saturated heterocycles. The van der Waals surface area contributed by atoms with Crippen LogP contribution >= 0.6 is 0 Å². The molecule has 2 rings (SSSR count). The Morgan fingerprint density at radius 1 is 1.17 bits per heavy atom. The molecule has 1 fully saturated rings. The molecule has 0 atom stereocenters. The number of amides is 2. The van der Waals surface area contributed by atoms with Gasteiger partial charge in [0.15, 0.2) is 0 Å². The standard InChI is InChI=1S/C19H29N3O2/c1-2-15-7-6-8-16(11-15)22-18(24)13-21-17(23)12-19(14-20)9-4-3-5-10-19/h6-8,11H,2-5,9-10,12-14,20H2,1H3,(H,21,23)(H,22,24). The summed E-state index contributed by atoms with van der Waals surface area (Å²) in [6, 6.07) is 7.74. The molecule has 1 aliphatic rings. The SMILES string of the molecule is CCc1cccc(NC(=O)CNC(=O)CC2(CN)CCCCC2)c1. The zero-order valence-corrected chi connectivity index (χ0v) is 14.6. The van der Waals surface area contributed by atoms with Gasteiger partial charge in [-0.1, -0.05) is 38.3 Å². The van der Waals surface area contributed by atoms with Crippen LogP contribution in [0.2, 0.25) is 0 Å². The third-order valence-electron chi connectivity index (χ3n) is 4.95. The number of aryl methyl sites for hydroxylation is 1. The first-order chi connectivity index (χ1) is 11.6. The molecule has 5 heteroatoms. The Hall–Kier alpha value is -1.88. The molecule has 0 radical (unpaired) electrons. The lowest BCUT2D eigenvalue weighted by molar-refractivity contribution is -0.126. The summed E-state index contributed by atoms with van der Waals surface area (Å²) in [5.74, 6) is -0.290. The third-order valence-corrected chi connectivity index (χ3v) is 4.95. The van der Waals surface area contributed by atoms with Crippen molar-refractivity contribution in [3.63, 3.8) is 0 Å². The first-order valence-electron chi connectivity index (χ1n) is 8.92. The van der Waals surface area contributed by atoms with Gasteiger partial charge in [-0.3, -0.25) is 9.59 Å². The molecule has 1 aromatic rings. The highest BCUT2D eigenvalue weighted by Crippen LogP contribution is 2.38. The summed E-state index contributed by atoms with van der Waals surface area (Å²) in [6.45, 7) is 2.60. The van der Waals surface area contributed by atoms with E-state index in [4.69, 9.17) is 5.73 Å². The number of nitrogens with two attached hydrogens (primary N) is 1. The van der Waals surface area contributed by atoms with Gasteiger partial charge in [-0.05, 0) is 48.9 Å². The monoisotopic (exact) mass is 331 g/mol. The summed E-state index contributed by atoms with van der Waals surface area (Å²) in [4.78, 5) is 24.2. The average molecular weight is 331 g/mol. The van der Waals surface area contributed by atoms with Gasteiger partial charge in [0.2, 0.25) is 11.8 Å². The highest BCUT2D eigenvalue weighted by molar-refractivity contribution is 5.94. The molecular weight excluding hydrogens is 302 g/mol. The number of hydrogen-bond acceptors (Lipinski definition) is 3. The number of carbonyl (C=O) groups excluding carboxylic acids is 2. The molecule has 0 spiro atoms. The van der Waals surface area contributed by atoms with E-state index in [1.807, 2.05) is 24.3 Å². The molecule has 0 aliphatic heterocycles. The number of benzene rings is 1. The Balaban J connectivity index is 1.79. The molecule has 0 unspecified atom stereocenters. The van der Waals surface area contributed by atoms with E-state index in [-0.39, 0.29) is 23.8 Å². The van der Waals surface area contributed by atoms with Crippen LogP contribution in [0.15, 0.2) is 24.3 Å². The van der Waals surface area contributed by atoms with E-state index in [0.29, 0.717) is 13.0 Å². The summed E-state index contributed by atoms with van der Waals surface area (Å²) in [7, 11) is 0. The Morgan fingerprint density at radius 2 is 1.92 bits per heavy atom. The van der Waals surface area contributed by atoms with Crippen LogP contribution in [0.4, 0.5) is 5.69 Å². The molecule has 24 heavy (non-hydrogen) atoms. The Labute approximate surface area is 144 Å². The van der Waals surface area contributed by atoms with Crippen molar-refractivity contribution < 1.29 is 9.59 Å². The van der Waals surface area contributed by atoms with Crippen LogP contribution in [-0.2, 0) is 16.0 Å². The molecule has 1 saturated carbocycles. The Kier molecular flexibility index (Phi) is 6.79. The van der Waals surface area contributed by atoms with Gasteiger partial charge < -0.3 is 16.4 Å². The average Bonchev–Trinajstić information content (AvgIpc) is 2.61. The molecule has 1 aromatic carbocycles. The molecule has 0 aromatic heterocycles. The van der Waals surface area contributed by atoms with Crippen LogP contribution in [0.1, 0.15) is 51.0 Å². The van der Waals surface area contributed by atoms with Crippen molar-refractivity contribution in [2.45, 2.75) is 51.9 Å². The number of carbonyl (C=O) groups is 2. The van der Waals surface area contributed by atoms with Crippen molar-refractivity contribution in [3.05, 3.63) is 29.8 Å². The highest BCUT2D eigenvalue weighted by Gasteiger charge is 2.32. The molecule has 4 N–H and O–H groups in total. The van der Waals surface area contributed by atoms with Gasteiger partial charge in [0.25, 0.3) is 0 Å². The molecule has 1 aliphatic carbocycles. The number of rotatable bonds is 7. The molecule has 0 heterocycles. The smallest absolute Gasteiger partial charge is 0.243 e. The summed E-state index contributed by atoms with van der Waals surface area (Å²) < 4.78 is 0. The van der Waals surface area contributed by atoms with Crippen LogP contribution < -0.4 is 16.4 Å². The minimum absolute atomic E-state index is 0.00413. The molecule has 132 valence electrons. The minimum atomic E-state index is -0.206. The lowest BCUT2D eigenvalue weighted by Crippen LogP contribution is -2.40. The second-order valence-corrected chi connectivity index (χ2v) is 6.82. The lowest BCUT2D eigenvalue weighted by Gasteiger charge is -2.35. The largest absolute Gasteiger partial charge is 0.347 e. The summed E-state index contributed by atoms with van der Waals surface area (Å²) in [5.41, 5.74) is 7.77. The summed E-state index contributed by atoms with van der Waals surface area (Å²) >= 11 is 0. The fourth-order valence-electron chi connectivity index (χ4n) is 3.41. The highest BCUT2D eigenvalue weighted by atomic mass is 16.2. The van der Waals surface area contributed by atoms with Gasteiger partial charge in [0, 0.05) is 12.1 Å². The van der Waals surface area contributed by atoms with Crippen molar-refractivity contribution >= 4 is 17.5 Å². The predicted octanol–water partition coefficient (Wildman–Crippen LogP) is 2.60. The van der Waals surface area contributed by atoms with Gasteiger partial charge in [-0.15, -0.1) is 0 Å². The topological polar surface area (TPSA) is 84.2 Å². The molecule has 0 bridgehead atoms. The van der Waals surface area contributed by atoms with Crippen LogP contribution in [0, 0.1) is 5.41 Å². The van der Waals surface area contributed by atoms with Crippen molar-refractivity contribution in [1.82, 2.24) is 5.32 Å². The van der Waals surface area contributed by atoms with Crippen molar-refractivity contribution in [1.29, 1.82) is 0 Å². The first kappa shape index (κ1) is 18.5. The maximum atomic E-state index is 12.2. The van der Waals surface area contributed by atoms with E-state index in [1.165, 1.54) is 12.0 Å². The Morgan fingerprint density at radius 3 is 2.58 bits per heavy atom. The number of nitrogens with one attached hydrogen (secondary N) is 2. The van der Waals surface area contributed by atoms with E-state index in [9.17, 15) is 9.59 Å². The van der Waals surface area contributed by atoms with Gasteiger partial charge in [-0.2, -0.15) is 0 Å². The second kappa shape index (κ2) is 8.83. The fourth-order valence-corrected chi connectivity index (χ4v) is 3.41. The molecule has 2 amide bonds. The van der Waals surface area contributed by atoms with E-state index in [2.05, 4.69) is 17.6 Å². The van der Waals surface area contributed by atoms with Crippen LogP contribution in [0.3, 0.4) is 0 Å². The third kappa shape index (κ3) is 5.34. The number of anilines is 1. The predicted molar refractivity (Wildman–Crippen MR) is 96.6 cm³/mol. The minimum Gasteiger partial charge on any atom is -0.347 e. The van der Waals surface area contributed by atoms with Gasteiger partial charge in [0.1, 0.15) is 0 Å². The maximum Gasteiger partial charge on any atom is 0.243 e. The van der Waals surface area contributed by atoms with E-state index in [1.54, 1.807) is 0 Å². The van der Waals surface area contributed by atoms with Gasteiger partial charge in [-0.25, -0.2) is 0 Å². The lowest BCUT2D eigenvalue weighted by atomic mass is 9.71. The van der Waals surface area contributed by atoms with Crippen molar-refractivity contribution in [3.8, 4) is 0 Å². The second-order valence-electron chi connectivity index (χ2n) is 6.82. The molecular formula is C19H29N3O2. The van der Waals surface area contributed by atoms with Crippen LogP contribution in [-0.4, -0.2) is 24.9 Å². The molecule has 5 nitrogen and oxygen atoms in total. The summed E-state index contributed by atoms with van der Waals surface area (Å²) in [6.07, 6.45) is 6.85. The van der Waals surface area contributed by atoms with Crippen LogP contribution in [0.25, 0.3) is 0 Å². The van der Waals surface area contributed by atoms with Gasteiger partial charge >= 0.3 is 0 Å². The van der Waals surface area contributed by atoms with Crippen molar-refractivity contribution in [2.75, 3.05) is 18.4 Å². The first-order valence-corrected chi connectivity index (χ1v) is 8.92. The normalized spacial score (nSPS) is 16.4. The quantitative estimate of drug-likeness (QED) is 0.718. The number of hydrogen-bond donors (Lipinski definition) is 3.